The highest BCUT2D eigenvalue weighted by Crippen LogP contribution is 2.50. The molecule has 1 spiro atoms. The summed E-state index contributed by atoms with van der Waals surface area (Å²) in [4.78, 5) is 0. The van der Waals surface area contributed by atoms with Gasteiger partial charge in [0.15, 0.2) is 0 Å². The molecule has 2 aliphatic rings. The molecule has 1 fully saturated rings. The van der Waals surface area contributed by atoms with E-state index in [2.05, 4.69) is 45.9 Å². The molecule has 0 nitrogen and oxygen atoms in total. The van der Waals surface area contributed by atoms with Crippen LogP contribution in [0.3, 0.4) is 0 Å². The number of hydrogen-bond acceptors (Lipinski definition) is 1. The lowest BCUT2D eigenvalue weighted by atomic mass is 9.77. The number of hydrogen-bond donors (Lipinski definition) is 0. The summed E-state index contributed by atoms with van der Waals surface area (Å²) in [6, 6.07) is 6.71. The van der Waals surface area contributed by atoms with E-state index in [0.717, 1.165) is 0 Å². The topological polar surface area (TPSA) is 0 Å². The molecule has 1 aromatic carbocycles. The largest absolute Gasteiger partial charge is 0.162 e. The molecule has 0 N–H and O–H groups in total. The molecule has 0 saturated carbocycles. The first-order chi connectivity index (χ1) is 7.32. The summed E-state index contributed by atoms with van der Waals surface area (Å²) in [7, 11) is 0. The van der Waals surface area contributed by atoms with Gasteiger partial charge in [-0.25, -0.2) is 0 Å². The van der Waals surface area contributed by atoms with Crippen molar-refractivity contribution < 1.29 is 0 Å². The molecule has 0 atom stereocenters. The first kappa shape index (κ1) is 10.2. The molecule has 1 heterocycles. The van der Waals surface area contributed by atoms with Gasteiger partial charge in [0.25, 0.3) is 0 Å². The first-order valence-electron chi connectivity index (χ1n) is 5.67. The highest BCUT2D eigenvalue weighted by molar-refractivity contribution is 9.10. The molecule has 1 saturated heterocycles. The fraction of sp³-hybridized carbons (Fsp3) is 0.538. The van der Waals surface area contributed by atoms with Crippen LogP contribution in [0.4, 0.5) is 0 Å². The van der Waals surface area contributed by atoms with E-state index in [0.29, 0.717) is 5.41 Å². The van der Waals surface area contributed by atoms with E-state index >= 15 is 0 Å². The Morgan fingerprint density at radius 2 is 1.93 bits per heavy atom. The van der Waals surface area contributed by atoms with E-state index < -0.39 is 0 Å². The van der Waals surface area contributed by atoms with Gasteiger partial charge in [0.2, 0.25) is 0 Å². The number of rotatable bonds is 0. The second-order valence-corrected chi connectivity index (χ2v) is 6.75. The van der Waals surface area contributed by atoms with Crippen LogP contribution in [-0.2, 0) is 11.8 Å². The lowest BCUT2D eigenvalue weighted by Crippen LogP contribution is -2.28. The summed E-state index contributed by atoms with van der Waals surface area (Å²) in [5, 5.41) is 0. The van der Waals surface area contributed by atoms with Crippen molar-refractivity contribution in [3.63, 3.8) is 0 Å². The molecule has 0 unspecified atom stereocenters. The van der Waals surface area contributed by atoms with Gasteiger partial charge in [-0.2, -0.15) is 11.8 Å². The van der Waals surface area contributed by atoms with Crippen LogP contribution in [0.1, 0.15) is 30.4 Å². The van der Waals surface area contributed by atoms with Crippen molar-refractivity contribution in [1.82, 2.24) is 0 Å². The average Bonchev–Trinajstić information content (AvgIpc) is 2.60. The van der Waals surface area contributed by atoms with Gasteiger partial charge in [-0.1, -0.05) is 28.1 Å². The number of benzene rings is 1. The third-order valence-electron chi connectivity index (χ3n) is 3.95. The normalized spacial score (nSPS) is 23.0. The van der Waals surface area contributed by atoms with Gasteiger partial charge < -0.3 is 0 Å². The third kappa shape index (κ3) is 1.57. The molecule has 1 aliphatic heterocycles. The lowest BCUT2D eigenvalue weighted by Gasteiger charge is -2.34. The molecule has 1 aromatic rings. The minimum atomic E-state index is 0.528. The van der Waals surface area contributed by atoms with Crippen molar-refractivity contribution in [3.8, 4) is 0 Å². The van der Waals surface area contributed by atoms with E-state index in [1.54, 1.807) is 11.1 Å². The van der Waals surface area contributed by atoms with Crippen molar-refractivity contribution in [2.75, 3.05) is 11.5 Å². The number of fused-ring (bicyclic) bond motifs is 2. The Morgan fingerprint density at radius 3 is 2.73 bits per heavy atom. The fourth-order valence-corrected chi connectivity index (χ4v) is 5.23. The Kier molecular flexibility index (Phi) is 2.60. The van der Waals surface area contributed by atoms with Crippen LogP contribution in [0.15, 0.2) is 22.7 Å². The summed E-state index contributed by atoms with van der Waals surface area (Å²) in [6.45, 7) is 0. The smallest absolute Gasteiger partial charge is 0.0215 e. The molecular weight excluding hydrogens is 268 g/mol. The van der Waals surface area contributed by atoms with Crippen LogP contribution in [0.25, 0.3) is 0 Å². The van der Waals surface area contributed by atoms with E-state index in [1.807, 2.05) is 0 Å². The van der Waals surface area contributed by atoms with Gasteiger partial charge >= 0.3 is 0 Å². The zero-order chi connectivity index (χ0) is 10.3. The predicted molar refractivity (Wildman–Crippen MR) is 70.7 cm³/mol. The summed E-state index contributed by atoms with van der Waals surface area (Å²) in [5.74, 6) is 2.70. The van der Waals surface area contributed by atoms with E-state index in [9.17, 15) is 0 Å². The summed E-state index contributed by atoms with van der Waals surface area (Å²) < 4.78 is 1.35. The second kappa shape index (κ2) is 3.81. The van der Waals surface area contributed by atoms with Crippen molar-refractivity contribution in [3.05, 3.63) is 33.8 Å². The van der Waals surface area contributed by atoms with Crippen LogP contribution in [0.2, 0.25) is 0 Å². The van der Waals surface area contributed by atoms with Gasteiger partial charge in [-0.05, 0) is 59.8 Å². The molecule has 80 valence electrons. The third-order valence-corrected chi connectivity index (χ3v) is 5.60. The van der Waals surface area contributed by atoms with Crippen molar-refractivity contribution in [1.29, 1.82) is 0 Å². The molecule has 3 rings (SSSR count). The Hall–Kier alpha value is 0.0500. The van der Waals surface area contributed by atoms with Gasteiger partial charge in [0.05, 0.1) is 0 Å². The molecular formula is C13H15BrS. The standard InChI is InChI=1S/C13H15BrS/c14-11-3-1-2-10-4-5-13(12(10)11)6-8-15-9-7-13/h1-3H,4-9H2. The fourth-order valence-electron chi connectivity index (χ4n) is 3.13. The minimum absolute atomic E-state index is 0.528. The van der Waals surface area contributed by atoms with Crippen LogP contribution in [0.5, 0.6) is 0 Å². The van der Waals surface area contributed by atoms with Gasteiger partial charge in [-0.3, -0.25) is 0 Å². The van der Waals surface area contributed by atoms with E-state index in [4.69, 9.17) is 0 Å². The highest BCUT2D eigenvalue weighted by Gasteiger charge is 2.40. The Labute approximate surface area is 104 Å². The summed E-state index contributed by atoms with van der Waals surface area (Å²) in [6.07, 6.45) is 5.44. The SMILES string of the molecule is Brc1cccc2c1C1(CCSCC1)CC2. The highest BCUT2D eigenvalue weighted by atomic mass is 79.9. The summed E-state index contributed by atoms with van der Waals surface area (Å²) in [5.41, 5.74) is 3.77. The van der Waals surface area contributed by atoms with Crippen LogP contribution < -0.4 is 0 Å². The van der Waals surface area contributed by atoms with Crippen LogP contribution in [0, 0.1) is 0 Å². The number of aryl methyl sites for hydroxylation is 1. The average molecular weight is 283 g/mol. The zero-order valence-electron chi connectivity index (χ0n) is 8.76. The van der Waals surface area contributed by atoms with Crippen molar-refractivity contribution in [2.24, 2.45) is 0 Å². The van der Waals surface area contributed by atoms with Crippen LogP contribution in [-0.4, -0.2) is 11.5 Å². The predicted octanol–water partition coefficient (Wildman–Crippen LogP) is 4.16. The summed E-state index contributed by atoms with van der Waals surface area (Å²) >= 11 is 5.87. The lowest BCUT2D eigenvalue weighted by molar-refractivity contribution is 0.391. The molecule has 0 amide bonds. The van der Waals surface area contributed by atoms with E-state index in [1.165, 1.54) is 41.7 Å². The Bertz CT molecular complexity index is 375. The monoisotopic (exact) mass is 282 g/mol. The molecule has 1 aliphatic carbocycles. The quantitative estimate of drug-likeness (QED) is 0.689. The molecule has 0 bridgehead atoms. The van der Waals surface area contributed by atoms with Gasteiger partial charge in [0, 0.05) is 4.47 Å². The first-order valence-corrected chi connectivity index (χ1v) is 7.62. The van der Waals surface area contributed by atoms with Crippen LogP contribution >= 0.6 is 27.7 Å². The molecule has 15 heavy (non-hydrogen) atoms. The Morgan fingerprint density at radius 1 is 1.13 bits per heavy atom. The molecule has 0 aromatic heterocycles. The maximum absolute atomic E-state index is 3.75. The zero-order valence-corrected chi connectivity index (χ0v) is 11.2. The maximum Gasteiger partial charge on any atom is 0.0215 e. The minimum Gasteiger partial charge on any atom is -0.162 e. The second-order valence-electron chi connectivity index (χ2n) is 4.67. The van der Waals surface area contributed by atoms with Gasteiger partial charge in [0.1, 0.15) is 0 Å². The number of thioether (sulfide) groups is 1. The van der Waals surface area contributed by atoms with E-state index in [-0.39, 0.29) is 0 Å². The molecule has 0 radical (unpaired) electrons. The van der Waals surface area contributed by atoms with Crippen molar-refractivity contribution >= 4 is 27.7 Å². The maximum atomic E-state index is 3.75. The van der Waals surface area contributed by atoms with Crippen molar-refractivity contribution in [2.45, 2.75) is 31.1 Å². The van der Waals surface area contributed by atoms with Gasteiger partial charge in [-0.15, -0.1) is 0 Å². The molecule has 2 heteroatoms. The Balaban J connectivity index is 2.09. The number of halogens is 1.